The Morgan fingerprint density at radius 1 is 1.00 bits per heavy atom. The minimum atomic E-state index is 0.0237. The van der Waals surface area contributed by atoms with E-state index in [2.05, 4.69) is 37.9 Å². The van der Waals surface area contributed by atoms with E-state index in [9.17, 15) is 0 Å². The van der Waals surface area contributed by atoms with Gasteiger partial charge in [-0.25, -0.2) is 0 Å². The first kappa shape index (κ1) is 12.9. The van der Waals surface area contributed by atoms with Crippen LogP contribution in [0, 0.1) is 0 Å². The second-order valence-corrected chi connectivity index (χ2v) is 3.84. The summed E-state index contributed by atoms with van der Waals surface area (Å²) in [6.07, 6.45) is 1.92. The lowest BCUT2D eigenvalue weighted by Crippen LogP contribution is -2.09. The zero-order valence-electron chi connectivity index (χ0n) is 9.91. The molecule has 0 aliphatic carbocycles. The lowest BCUT2D eigenvalue weighted by atomic mass is 10.1. The standard InChI is InChI=1S/C11H15N.C2H6/c1-11(2,3)12-9-10-7-5-4-6-8-10;1-2/h4-9H,1-3H3;1-2H3. The number of nitrogens with zero attached hydrogens (tertiary/aromatic N) is 1. The van der Waals surface area contributed by atoms with Gasteiger partial charge in [-0.15, -0.1) is 0 Å². The maximum absolute atomic E-state index is 4.40. The quantitative estimate of drug-likeness (QED) is 0.596. The molecule has 0 radical (unpaired) electrons. The third-order valence-corrected chi connectivity index (χ3v) is 1.40. The lowest BCUT2D eigenvalue weighted by Gasteiger charge is -2.10. The molecule has 0 amide bonds. The van der Waals surface area contributed by atoms with Gasteiger partial charge in [0.1, 0.15) is 0 Å². The molecule has 0 atom stereocenters. The molecule has 1 rings (SSSR count). The van der Waals surface area contributed by atoms with Gasteiger partial charge < -0.3 is 0 Å². The summed E-state index contributed by atoms with van der Waals surface area (Å²) in [5.74, 6) is 0. The molecule has 0 N–H and O–H groups in total. The molecule has 1 aromatic carbocycles. The van der Waals surface area contributed by atoms with Crippen LogP contribution in [0.1, 0.15) is 40.2 Å². The Balaban J connectivity index is 0.000000791. The molecule has 1 nitrogen and oxygen atoms in total. The molecule has 0 aromatic heterocycles. The Kier molecular flexibility index (Phi) is 5.86. The smallest absolute Gasteiger partial charge is 0.0524 e. The first-order valence-corrected chi connectivity index (χ1v) is 5.18. The molecule has 0 spiro atoms. The van der Waals surface area contributed by atoms with Crippen LogP contribution in [0.5, 0.6) is 0 Å². The molecular formula is C13H21N. The van der Waals surface area contributed by atoms with Crippen molar-refractivity contribution in [2.45, 2.75) is 40.2 Å². The third kappa shape index (κ3) is 6.41. The molecule has 1 heteroatoms. The summed E-state index contributed by atoms with van der Waals surface area (Å²) in [5.41, 5.74) is 1.18. The summed E-state index contributed by atoms with van der Waals surface area (Å²) in [6.45, 7) is 10.3. The van der Waals surface area contributed by atoms with E-state index in [0.29, 0.717) is 0 Å². The number of hydrogen-bond acceptors (Lipinski definition) is 1. The lowest BCUT2D eigenvalue weighted by molar-refractivity contribution is 0.586. The summed E-state index contributed by atoms with van der Waals surface area (Å²) in [5, 5.41) is 0. The maximum atomic E-state index is 4.40. The van der Waals surface area contributed by atoms with Gasteiger partial charge in [-0.2, -0.15) is 0 Å². The summed E-state index contributed by atoms with van der Waals surface area (Å²) in [7, 11) is 0. The topological polar surface area (TPSA) is 12.4 Å². The number of rotatable bonds is 1. The second-order valence-electron chi connectivity index (χ2n) is 3.84. The van der Waals surface area contributed by atoms with Crippen LogP contribution in [0.4, 0.5) is 0 Å². The zero-order chi connectivity index (χ0) is 11.0. The first-order valence-electron chi connectivity index (χ1n) is 5.18. The van der Waals surface area contributed by atoms with Crippen LogP contribution in [0.25, 0.3) is 0 Å². The predicted octanol–water partition coefficient (Wildman–Crippen LogP) is 3.93. The Morgan fingerprint density at radius 3 is 1.93 bits per heavy atom. The molecule has 14 heavy (non-hydrogen) atoms. The minimum absolute atomic E-state index is 0.0237. The minimum Gasteiger partial charge on any atom is -0.287 e. The van der Waals surface area contributed by atoms with Gasteiger partial charge in [0.05, 0.1) is 5.54 Å². The highest BCUT2D eigenvalue weighted by Gasteiger charge is 2.03. The van der Waals surface area contributed by atoms with Crippen molar-refractivity contribution >= 4 is 6.21 Å². The molecule has 0 saturated heterocycles. The Hall–Kier alpha value is -1.11. The van der Waals surface area contributed by atoms with Gasteiger partial charge in [0, 0.05) is 6.21 Å². The molecule has 0 aliphatic heterocycles. The van der Waals surface area contributed by atoms with Crippen molar-refractivity contribution < 1.29 is 0 Å². The monoisotopic (exact) mass is 191 g/mol. The van der Waals surface area contributed by atoms with E-state index in [4.69, 9.17) is 0 Å². The van der Waals surface area contributed by atoms with Crippen molar-refractivity contribution in [2.24, 2.45) is 4.99 Å². The molecular weight excluding hydrogens is 170 g/mol. The highest BCUT2D eigenvalue weighted by molar-refractivity contribution is 5.79. The SMILES string of the molecule is CC.CC(C)(C)N=Cc1ccccc1. The zero-order valence-corrected chi connectivity index (χ0v) is 9.91. The third-order valence-electron chi connectivity index (χ3n) is 1.40. The average molecular weight is 191 g/mol. The van der Waals surface area contributed by atoms with Crippen LogP contribution >= 0.6 is 0 Å². The molecule has 0 heterocycles. The predicted molar refractivity (Wildman–Crippen MR) is 65.1 cm³/mol. The molecule has 0 unspecified atom stereocenters. The van der Waals surface area contributed by atoms with Crippen LogP contribution in [-0.2, 0) is 0 Å². The van der Waals surface area contributed by atoms with E-state index in [0.717, 1.165) is 5.56 Å². The van der Waals surface area contributed by atoms with E-state index in [-0.39, 0.29) is 5.54 Å². The largest absolute Gasteiger partial charge is 0.287 e. The van der Waals surface area contributed by atoms with Crippen LogP contribution in [0.15, 0.2) is 35.3 Å². The molecule has 0 aliphatic rings. The fourth-order valence-electron chi connectivity index (χ4n) is 0.807. The van der Waals surface area contributed by atoms with E-state index in [1.165, 1.54) is 0 Å². The second kappa shape index (κ2) is 6.36. The van der Waals surface area contributed by atoms with Crippen molar-refractivity contribution in [3.05, 3.63) is 35.9 Å². The van der Waals surface area contributed by atoms with Gasteiger partial charge in [0.2, 0.25) is 0 Å². The normalized spacial score (nSPS) is 10.9. The van der Waals surface area contributed by atoms with Gasteiger partial charge in [0.15, 0.2) is 0 Å². The van der Waals surface area contributed by atoms with Crippen LogP contribution < -0.4 is 0 Å². The van der Waals surface area contributed by atoms with Crippen molar-refractivity contribution in [3.63, 3.8) is 0 Å². The average Bonchev–Trinajstić information content (AvgIpc) is 2.19. The van der Waals surface area contributed by atoms with Gasteiger partial charge >= 0.3 is 0 Å². The van der Waals surface area contributed by atoms with Gasteiger partial charge in [-0.3, -0.25) is 4.99 Å². The molecule has 0 bridgehead atoms. The Bertz CT molecular complexity index is 254. The van der Waals surface area contributed by atoms with Crippen molar-refractivity contribution in [1.82, 2.24) is 0 Å². The number of hydrogen-bond donors (Lipinski definition) is 0. The molecule has 1 aromatic rings. The summed E-state index contributed by atoms with van der Waals surface area (Å²) in [4.78, 5) is 4.40. The fourth-order valence-corrected chi connectivity index (χ4v) is 0.807. The fraction of sp³-hybridized carbons (Fsp3) is 0.462. The Labute approximate surface area is 87.9 Å². The van der Waals surface area contributed by atoms with Gasteiger partial charge in [-0.1, -0.05) is 44.2 Å². The molecule has 0 saturated carbocycles. The number of benzene rings is 1. The van der Waals surface area contributed by atoms with Crippen LogP contribution in [-0.4, -0.2) is 11.8 Å². The first-order chi connectivity index (χ1) is 6.58. The van der Waals surface area contributed by atoms with Crippen LogP contribution in [0.3, 0.4) is 0 Å². The van der Waals surface area contributed by atoms with Gasteiger partial charge in [-0.05, 0) is 26.3 Å². The van der Waals surface area contributed by atoms with E-state index >= 15 is 0 Å². The molecule has 0 fully saturated rings. The highest BCUT2D eigenvalue weighted by atomic mass is 14.8. The summed E-state index contributed by atoms with van der Waals surface area (Å²) >= 11 is 0. The Morgan fingerprint density at radius 2 is 1.50 bits per heavy atom. The van der Waals surface area contributed by atoms with Crippen LogP contribution in [0.2, 0.25) is 0 Å². The summed E-state index contributed by atoms with van der Waals surface area (Å²) < 4.78 is 0. The van der Waals surface area contributed by atoms with Crippen molar-refractivity contribution in [2.75, 3.05) is 0 Å². The molecule has 78 valence electrons. The van der Waals surface area contributed by atoms with Crippen molar-refractivity contribution in [1.29, 1.82) is 0 Å². The highest BCUT2D eigenvalue weighted by Crippen LogP contribution is 2.06. The van der Waals surface area contributed by atoms with E-state index in [1.807, 2.05) is 38.3 Å². The van der Waals surface area contributed by atoms with E-state index in [1.54, 1.807) is 0 Å². The van der Waals surface area contributed by atoms with E-state index < -0.39 is 0 Å². The van der Waals surface area contributed by atoms with Gasteiger partial charge in [0.25, 0.3) is 0 Å². The summed E-state index contributed by atoms with van der Waals surface area (Å²) in [6, 6.07) is 10.1. The maximum Gasteiger partial charge on any atom is 0.0524 e. The number of aliphatic imine (C=N–C) groups is 1. The van der Waals surface area contributed by atoms with Crippen molar-refractivity contribution in [3.8, 4) is 0 Å².